The van der Waals surface area contributed by atoms with Crippen LogP contribution in [0.1, 0.15) is 34.3 Å². The fraction of sp³-hybridized carbons (Fsp3) is 0.267. The molecule has 0 saturated carbocycles. The van der Waals surface area contributed by atoms with Crippen LogP contribution in [0, 0.1) is 6.92 Å². The van der Waals surface area contributed by atoms with E-state index in [9.17, 15) is 4.79 Å². The molecule has 0 N–H and O–H groups in total. The largest absolute Gasteiger partial charge is 0.289 e. The normalized spacial score (nSPS) is 18.4. The first-order valence-corrected chi connectivity index (χ1v) is 5.79. The molecule has 0 unspecified atom stereocenters. The van der Waals surface area contributed by atoms with Gasteiger partial charge < -0.3 is 0 Å². The predicted octanol–water partition coefficient (Wildman–Crippen LogP) is 3.38. The highest BCUT2D eigenvalue weighted by Gasteiger charge is 2.26. The number of Topliss-reactive ketones (excluding diaryl/α,β-unsaturated/α-hetero) is 1. The number of benzene rings is 1. The molecule has 1 aromatic carbocycles. The molecule has 0 saturated heterocycles. The van der Waals surface area contributed by atoms with Gasteiger partial charge in [-0.1, -0.05) is 29.8 Å². The molecule has 1 heteroatoms. The lowest BCUT2D eigenvalue weighted by Gasteiger charge is -2.23. The van der Waals surface area contributed by atoms with Crippen molar-refractivity contribution in [2.45, 2.75) is 26.2 Å². The first-order valence-electron chi connectivity index (χ1n) is 5.79. The Labute approximate surface area is 95.5 Å². The minimum absolute atomic E-state index is 0.218. The molecule has 1 nitrogen and oxygen atoms in total. The maximum atomic E-state index is 12.3. The zero-order valence-corrected chi connectivity index (χ0v) is 9.42. The summed E-state index contributed by atoms with van der Waals surface area (Å²) in [5.41, 5.74) is 5.43. The van der Waals surface area contributed by atoms with Gasteiger partial charge in [-0.3, -0.25) is 4.79 Å². The number of hydrogen-bond donors (Lipinski definition) is 0. The molecule has 2 aliphatic carbocycles. The highest BCUT2D eigenvalue weighted by atomic mass is 16.1. The van der Waals surface area contributed by atoms with Gasteiger partial charge in [0.25, 0.3) is 0 Å². The second kappa shape index (κ2) is 3.44. The lowest BCUT2D eigenvalue weighted by molar-refractivity contribution is 0.103. The van der Waals surface area contributed by atoms with E-state index < -0.39 is 0 Å². The number of allylic oxidation sites excluding steroid dienone is 4. The summed E-state index contributed by atoms with van der Waals surface area (Å²) in [6.07, 6.45) is 7.32. The zero-order valence-electron chi connectivity index (χ0n) is 9.42. The molecule has 0 heterocycles. The minimum Gasteiger partial charge on any atom is -0.289 e. The maximum Gasteiger partial charge on any atom is 0.193 e. The monoisotopic (exact) mass is 210 g/mol. The van der Waals surface area contributed by atoms with Crippen LogP contribution in [0.3, 0.4) is 0 Å². The van der Waals surface area contributed by atoms with Gasteiger partial charge in [0.05, 0.1) is 0 Å². The Kier molecular flexibility index (Phi) is 2.06. The average Bonchev–Trinajstić information content (AvgIpc) is 2.31. The van der Waals surface area contributed by atoms with Crippen LogP contribution >= 0.6 is 0 Å². The Hall–Kier alpha value is -1.63. The quantitative estimate of drug-likeness (QED) is 0.641. The van der Waals surface area contributed by atoms with Crippen molar-refractivity contribution in [2.24, 2.45) is 0 Å². The average molecular weight is 210 g/mol. The standard InChI is InChI=1S/C15H14O/c1-10-6-7-12-9-11-4-2-3-5-13(11)15(16)14(12)8-10/h4-8H,2-3,9H2,1H3. The molecule has 0 fully saturated rings. The number of ketones is 1. The number of rotatable bonds is 0. The molecule has 3 rings (SSSR count). The fourth-order valence-electron chi connectivity index (χ4n) is 2.54. The van der Waals surface area contributed by atoms with Gasteiger partial charge in [0.1, 0.15) is 0 Å². The number of hydrogen-bond acceptors (Lipinski definition) is 1. The van der Waals surface area contributed by atoms with Gasteiger partial charge in [0.15, 0.2) is 5.78 Å². The van der Waals surface area contributed by atoms with Crippen molar-refractivity contribution < 1.29 is 4.79 Å². The first kappa shape index (κ1) is 9.59. The van der Waals surface area contributed by atoms with E-state index in [4.69, 9.17) is 0 Å². The number of carbonyl (C=O) groups excluding carboxylic acids is 1. The second-order valence-electron chi connectivity index (χ2n) is 4.59. The van der Waals surface area contributed by atoms with E-state index in [2.05, 4.69) is 24.3 Å². The molecule has 1 aromatic rings. The summed E-state index contributed by atoms with van der Waals surface area (Å²) in [4.78, 5) is 12.3. The molecule has 0 spiro atoms. The Bertz CT molecular complexity index is 532. The Morgan fingerprint density at radius 1 is 1.12 bits per heavy atom. The maximum absolute atomic E-state index is 12.3. The first-order chi connectivity index (χ1) is 7.75. The number of fused-ring (bicyclic) bond motifs is 2. The van der Waals surface area contributed by atoms with Crippen molar-refractivity contribution in [3.8, 4) is 0 Å². The number of aryl methyl sites for hydroxylation is 1. The van der Waals surface area contributed by atoms with Crippen LogP contribution in [0.25, 0.3) is 0 Å². The fourth-order valence-corrected chi connectivity index (χ4v) is 2.54. The zero-order chi connectivity index (χ0) is 11.1. The molecular weight excluding hydrogens is 196 g/mol. The van der Waals surface area contributed by atoms with E-state index >= 15 is 0 Å². The van der Waals surface area contributed by atoms with Crippen molar-refractivity contribution >= 4 is 5.78 Å². The molecule has 80 valence electrons. The molecule has 0 atom stereocenters. The summed E-state index contributed by atoms with van der Waals surface area (Å²) >= 11 is 0. The third kappa shape index (κ3) is 1.35. The van der Waals surface area contributed by atoms with Crippen LogP contribution in [0.4, 0.5) is 0 Å². The van der Waals surface area contributed by atoms with Gasteiger partial charge in [-0.25, -0.2) is 0 Å². The van der Waals surface area contributed by atoms with Crippen LogP contribution in [-0.2, 0) is 6.42 Å². The summed E-state index contributed by atoms with van der Waals surface area (Å²) in [6, 6.07) is 6.20. The molecule has 0 aromatic heterocycles. The molecule has 0 aliphatic heterocycles. The highest BCUT2D eigenvalue weighted by Crippen LogP contribution is 2.32. The van der Waals surface area contributed by atoms with Crippen molar-refractivity contribution in [3.05, 3.63) is 58.2 Å². The summed E-state index contributed by atoms with van der Waals surface area (Å²) in [5, 5.41) is 0. The molecule has 0 radical (unpaired) electrons. The Balaban J connectivity index is 2.18. The summed E-state index contributed by atoms with van der Waals surface area (Å²) in [6.45, 7) is 2.04. The van der Waals surface area contributed by atoms with Crippen molar-refractivity contribution in [1.82, 2.24) is 0 Å². The molecule has 16 heavy (non-hydrogen) atoms. The lowest BCUT2D eigenvalue weighted by atomic mass is 9.80. The van der Waals surface area contributed by atoms with Gasteiger partial charge in [-0.2, -0.15) is 0 Å². The van der Waals surface area contributed by atoms with Gasteiger partial charge in [0.2, 0.25) is 0 Å². The van der Waals surface area contributed by atoms with E-state index in [1.54, 1.807) is 0 Å². The van der Waals surface area contributed by atoms with Gasteiger partial charge in [-0.05, 0) is 43.4 Å². The van der Waals surface area contributed by atoms with Gasteiger partial charge in [0, 0.05) is 11.1 Å². The van der Waals surface area contributed by atoms with Crippen molar-refractivity contribution in [1.29, 1.82) is 0 Å². The minimum atomic E-state index is 0.218. The predicted molar refractivity (Wildman–Crippen MR) is 64.6 cm³/mol. The van der Waals surface area contributed by atoms with Crippen LogP contribution in [0.5, 0.6) is 0 Å². The van der Waals surface area contributed by atoms with E-state index in [1.807, 2.05) is 13.0 Å². The summed E-state index contributed by atoms with van der Waals surface area (Å²) in [5.74, 6) is 0.218. The molecule has 0 bridgehead atoms. The molecule has 2 aliphatic rings. The smallest absolute Gasteiger partial charge is 0.193 e. The van der Waals surface area contributed by atoms with E-state index in [0.29, 0.717) is 0 Å². The summed E-state index contributed by atoms with van der Waals surface area (Å²) in [7, 11) is 0. The third-order valence-corrected chi connectivity index (χ3v) is 3.39. The van der Waals surface area contributed by atoms with Crippen molar-refractivity contribution in [3.63, 3.8) is 0 Å². The molecule has 0 amide bonds. The Morgan fingerprint density at radius 2 is 1.94 bits per heavy atom. The topological polar surface area (TPSA) is 17.1 Å². The van der Waals surface area contributed by atoms with Crippen LogP contribution < -0.4 is 0 Å². The van der Waals surface area contributed by atoms with Gasteiger partial charge >= 0.3 is 0 Å². The van der Waals surface area contributed by atoms with E-state index in [1.165, 1.54) is 11.1 Å². The van der Waals surface area contributed by atoms with Crippen LogP contribution in [0.2, 0.25) is 0 Å². The summed E-state index contributed by atoms with van der Waals surface area (Å²) < 4.78 is 0. The molecular formula is C15H14O. The SMILES string of the molecule is Cc1ccc2c(c1)C(=O)C1=CCCC=C1C2. The van der Waals surface area contributed by atoms with E-state index in [-0.39, 0.29) is 5.78 Å². The van der Waals surface area contributed by atoms with E-state index in [0.717, 1.165) is 36.0 Å². The third-order valence-electron chi connectivity index (χ3n) is 3.39. The van der Waals surface area contributed by atoms with Gasteiger partial charge in [-0.15, -0.1) is 0 Å². The Morgan fingerprint density at radius 3 is 2.81 bits per heavy atom. The second-order valence-corrected chi connectivity index (χ2v) is 4.59. The van der Waals surface area contributed by atoms with Crippen LogP contribution in [0.15, 0.2) is 41.5 Å². The highest BCUT2D eigenvalue weighted by molar-refractivity contribution is 6.14. The van der Waals surface area contributed by atoms with Crippen molar-refractivity contribution in [2.75, 3.05) is 0 Å². The number of carbonyl (C=O) groups is 1. The van der Waals surface area contributed by atoms with Crippen LogP contribution in [-0.4, -0.2) is 5.78 Å². The lowest BCUT2D eigenvalue weighted by Crippen LogP contribution is -2.18.